The molecule has 0 heterocycles. The molecule has 0 aliphatic heterocycles. The van der Waals surface area contributed by atoms with Crippen molar-refractivity contribution in [3.63, 3.8) is 0 Å². The Hall–Kier alpha value is -3.12. The molecule has 0 bridgehead atoms. The number of para-hydroxylation sites is 1. The Labute approximate surface area is 216 Å². The highest BCUT2D eigenvalue weighted by Crippen LogP contribution is 2.18. The van der Waals surface area contributed by atoms with E-state index in [0.717, 1.165) is 27.8 Å². The van der Waals surface area contributed by atoms with E-state index < -0.39 is 6.04 Å². The minimum atomic E-state index is -0.602. The first-order chi connectivity index (χ1) is 17.1. The monoisotopic (exact) mass is 536 g/mol. The number of hydrogen-bond donors (Lipinski definition) is 1. The standard InChI is InChI=1S/C29H33BrN2O3/c1-2-19-31-29(34)27(21-23-10-5-3-6-11-23)32(22-24-15-17-25(30)18-16-24)28(33)14-9-20-35-26-12-7-4-8-13-26/h3-8,10-13,15-18,27H,2,9,14,19-22H2,1H3,(H,31,34)/t27-/m0/s1. The second kappa shape index (κ2) is 14.3. The Kier molecular flexibility index (Phi) is 10.8. The maximum Gasteiger partial charge on any atom is 0.243 e. The van der Waals surface area contributed by atoms with Gasteiger partial charge in [-0.05, 0) is 48.2 Å². The van der Waals surface area contributed by atoms with Crippen LogP contribution in [0.4, 0.5) is 0 Å². The van der Waals surface area contributed by atoms with Gasteiger partial charge in [-0.15, -0.1) is 0 Å². The molecule has 2 amide bonds. The largest absolute Gasteiger partial charge is 0.494 e. The first kappa shape index (κ1) is 26.5. The Morgan fingerprint density at radius 1 is 0.914 bits per heavy atom. The third kappa shape index (κ3) is 8.87. The van der Waals surface area contributed by atoms with Crippen molar-refractivity contribution in [3.05, 3.63) is 101 Å². The maximum absolute atomic E-state index is 13.5. The normalized spacial score (nSPS) is 11.5. The lowest BCUT2D eigenvalue weighted by molar-refractivity contribution is -0.141. The fourth-order valence-corrected chi connectivity index (χ4v) is 4.04. The molecule has 0 unspecified atom stereocenters. The number of ether oxygens (including phenoxy) is 1. The van der Waals surface area contributed by atoms with Crippen molar-refractivity contribution in [1.29, 1.82) is 0 Å². The van der Waals surface area contributed by atoms with Gasteiger partial charge in [-0.2, -0.15) is 0 Å². The third-order valence-electron chi connectivity index (χ3n) is 5.63. The minimum Gasteiger partial charge on any atom is -0.494 e. The van der Waals surface area contributed by atoms with Gasteiger partial charge in [-0.1, -0.05) is 83.5 Å². The smallest absolute Gasteiger partial charge is 0.243 e. The fraction of sp³-hybridized carbons (Fsp3) is 0.310. The molecular formula is C29H33BrN2O3. The van der Waals surface area contributed by atoms with E-state index >= 15 is 0 Å². The average molecular weight is 537 g/mol. The molecule has 0 saturated heterocycles. The van der Waals surface area contributed by atoms with Crippen molar-refractivity contribution in [3.8, 4) is 5.75 Å². The summed E-state index contributed by atoms with van der Waals surface area (Å²) in [5.41, 5.74) is 1.99. The zero-order chi connectivity index (χ0) is 24.9. The molecule has 1 N–H and O–H groups in total. The Morgan fingerprint density at radius 3 is 2.23 bits per heavy atom. The van der Waals surface area contributed by atoms with Crippen LogP contribution < -0.4 is 10.1 Å². The Morgan fingerprint density at radius 2 is 1.57 bits per heavy atom. The molecule has 3 aromatic rings. The SMILES string of the molecule is CCCNC(=O)[C@H](Cc1ccccc1)N(Cc1ccc(Br)cc1)C(=O)CCCOc1ccccc1. The molecule has 3 aromatic carbocycles. The summed E-state index contributed by atoms with van der Waals surface area (Å²) < 4.78 is 6.74. The molecule has 0 spiro atoms. The number of halogens is 1. The van der Waals surface area contributed by atoms with Crippen LogP contribution in [0.5, 0.6) is 5.75 Å². The molecule has 0 fully saturated rings. The zero-order valence-corrected chi connectivity index (χ0v) is 21.7. The molecule has 0 saturated carbocycles. The van der Waals surface area contributed by atoms with Gasteiger partial charge in [-0.3, -0.25) is 9.59 Å². The summed E-state index contributed by atoms with van der Waals surface area (Å²) in [6, 6.07) is 26.7. The summed E-state index contributed by atoms with van der Waals surface area (Å²) in [5, 5.41) is 3.01. The van der Waals surface area contributed by atoms with Crippen LogP contribution in [0.15, 0.2) is 89.4 Å². The predicted octanol–water partition coefficient (Wildman–Crippen LogP) is 5.77. The van der Waals surface area contributed by atoms with Gasteiger partial charge >= 0.3 is 0 Å². The quantitative estimate of drug-likeness (QED) is 0.282. The summed E-state index contributed by atoms with van der Waals surface area (Å²) in [5.74, 6) is 0.603. The molecule has 1 atom stereocenters. The van der Waals surface area contributed by atoms with Gasteiger partial charge in [0.1, 0.15) is 11.8 Å². The lowest BCUT2D eigenvalue weighted by Crippen LogP contribution is -2.50. The first-order valence-electron chi connectivity index (χ1n) is 12.1. The number of nitrogens with zero attached hydrogens (tertiary/aromatic N) is 1. The number of amides is 2. The number of benzene rings is 3. The minimum absolute atomic E-state index is 0.0582. The zero-order valence-electron chi connectivity index (χ0n) is 20.2. The number of carbonyl (C=O) groups excluding carboxylic acids is 2. The van der Waals surface area contributed by atoms with E-state index in [1.807, 2.05) is 91.9 Å². The summed E-state index contributed by atoms with van der Waals surface area (Å²) >= 11 is 3.47. The summed E-state index contributed by atoms with van der Waals surface area (Å²) in [6.07, 6.45) is 2.16. The van der Waals surface area contributed by atoms with E-state index in [0.29, 0.717) is 39.0 Å². The Bertz CT molecular complexity index is 1040. The van der Waals surface area contributed by atoms with Crippen LogP contribution in [-0.2, 0) is 22.6 Å². The van der Waals surface area contributed by atoms with Crippen LogP contribution >= 0.6 is 15.9 Å². The van der Waals surface area contributed by atoms with Crippen LogP contribution in [-0.4, -0.2) is 35.9 Å². The molecule has 0 aliphatic rings. The molecule has 184 valence electrons. The second-order valence-corrected chi connectivity index (χ2v) is 9.33. The van der Waals surface area contributed by atoms with Crippen LogP contribution in [0.3, 0.4) is 0 Å². The van der Waals surface area contributed by atoms with Crippen LogP contribution in [0.2, 0.25) is 0 Å². The lowest BCUT2D eigenvalue weighted by atomic mass is 10.0. The van der Waals surface area contributed by atoms with Crippen molar-refractivity contribution < 1.29 is 14.3 Å². The van der Waals surface area contributed by atoms with Gasteiger partial charge in [0.15, 0.2) is 0 Å². The van der Waals surface area contributed by atoms with Crippen molar-refractivity contribution in [2.24, 2.45) is 0 Å². The van der Waals surface area contributed by atoms with Gasteiger partial charge in [0.05, 0.1) is 6.61 Å². The van der Waals surface area contributed by atoms with Gasteiger partial charge in [0, 0.05) is 30.4 Å². The highest BCUT2D eigenvalue weighted by Gasteiger charge is 2.30. The third-order valence-corrected chi connectivity index (χ3v) is 6.16. The molecule has 0 radical (unpaired) electrons. The van der Waals surface area contributed by atoms with E-state index in [1.54, 1.807) is 4.90 Å². The summed E-state index contributed by atoms with van der Waals surface area (Å²) in [7, 11) is 0. The van der Waals surface area contributed by atoms with Gasteiger partial charge in [-0.25, -0.2) is 0 Å². The fourth-order valence-electron chi connectivity index (χ4n) is 3.78. The highest BCUT2D eigenvalue weighted by molar-refractivity contribution is 9.10. The van der Waals surface area contributed by atoms with E-state index in [4.69, 9.17) is 4.74 Å². The molecule has 6 heteroatoms. The molecule has 35 heavy (non-hydrogen) atoms. The molecule has 0 aliphatic carbocycles. The topological polar surface area (TPSA) is 58.6 Å². The Balaban J connectivity index is 1.77. The summed E-state index contributed by atoms with van der Waals surface area (Å²) in [6.45, 7) is 3.40. The number of carbonyl (C=O) groups is 2. The molecule has 3 rings (SSSR count). The van der Waals surface area contributed by atoms with Gasteiger partial charge in [0.25, 0.3) is 0 Å². The second-order valence-electron chi connectivity index (χ2n) is 8.41. The van der Waals surface area contributed by atoms with E-state index in [-0.39, 0.29) is 11.8 Å². The number of hydrogen-bond acceptors (Lipinski definition) is 3. The van der Waals surface area contributed by atoms with Gasteiger partial charge < -0.3 is 15.0 Å². The lowest BCUT2D eigenvalue weighted by Gasteiger charge is -2.31. The van der Waals surface area contributed by atoms with Crippen molar-refractivity contribution in [1.82, 2.24) is 10.2 Å². The van der Waals surface area contributed by atoms with E-state index in [2.05, 4.69) is 21.2 Å². The first-order valence-corrected chi connectivity index (χ1v) is 12.9. The highest BCUT2D eigenvalue weighted by atomic mass is 79.9. The van der Waals surface area contributed by atoms with Crippen LogP contribution in [0.25, 0.3) is 0 Å². The summed E-state index contributed by atoms with van der Waals surface area (Å²) in [4.78, 5) is 28.5. The average Bonchev–Trinajstić information content (AvgIpc) is 2.89. The molecule has 5 nitrogen and oxygen atoms in total. The van der Waals surface area contributed by atoms with Crippen molar-refractivity contribution in [2.75, 3.05) is 13.2 Å². The number of rotatable bonds is 13. The van der Waals surface area contributed by atoms with E-state index in [9.17, 15) is 9.59 Å². The maximum atomic E-state index is 13.5. The van der Waals surface area contributed by atoms with Crippen LogP contribution in [0, 0.1) is 0 Å². The van der Waals surface area contributed by atoms with Crippen molar-refractivity contribution >= 4 is 27.7 Å². The van der Waals surface area contributed by atoms with Crippen molar-refractivity contribution in [2.45, 2.75) is 45.2 Å². The van der Waals surface area contributed by atoms with Gasteiger partial charge in [0.2, 0.25) is 11.8 Å². The molecule has 0 aromatic heterocycles. The predicted molar refractivity (Wildman–Crippen MR) is 143 cm³/mol. The van der Waals surface area contributed by atoms with Crippen LogP contribution in [0.1, 0.15) is 37.3 Å². The van der Waals surface area contributed by atoms with E-state index in [1.165, 1.54) is 0 Å². The molecular weight excluding hydrogens is 504 g/mol. The number of nitrogens with one attached hydrogen (secondary N) is 1.